The predicted octanol–water partition coefficient (Wildman–Crippen LogP) is 3.76. The minimum absolute atomic E-state index is 0.129. The Morgan fingerprint density at radius 2 is 1.85 bits per heavy atom. The van der Waals surface area contributed by atoms with Crippen molar-refractivity contribution < 1.29 is 18.7 Å². The highest BCUT2D eigenvalue weighted by molar-refractivity contribution is 7.80. The van der Waals surface area contributed by atoms with Gasteiger partial charge < -0.3 is 15.0 Å². The average Bonchev–Trinajstić information content (AvgIpc) is 3.05. The van der Waals surface area contributed by atoms with Gasteiger partial charge in [0.25, 0.3) is 5.91 Å². The van der Waals surface area contributed by atoms with Gasteiger partial charge in [-0.2, -0.15) is 0 Å². The number of thiocarbonyl (C=S) groups is 1. The number of nitrogens with one attached hydrogen (secondary N) is 1. The zero-order chi connectivity index (χ0) is 23.4. The minimum Gasteiger partial charge on any atom is -0.497 e. The molecule has 1 fully saturated rings. The molecular weight excluding hydrogens is 443 g/mol. The van der Waals surface area contributed by atoms with Crippen molar-refractivity contribution in [3.05, 3.63) is 84.4 Å². The van der Waals surface area contributed by atoms with E-state index in [2.05, 4.69) is 10.3 Å². The number of aromatic nitrogens is 1. The molecule has 1 N–H and O–H groups in total. The lowest BCUT2D eigenvalue weighted by Gasteiger charge is -2.23. The summed E-state index contributed by atoms with van der Waals surface area (Å²) in [5.74, 6) is -0.446. The number of carbonyl (C=O) groups excluding carboxylic acids is 2. The van der Waals surface area contributed by atoms with Gasteiger partial charge in [-0.15, -0.1) is 0 Å². The number of methoxy groups -OCH3 is 1. The average molecular weight is 465 g/mol. The van der Waals surface area contributed by atoms with Gasteiger partial charge in [-0.05, 0) is 72.9 Å². The van der Waals surface area contributed by atoms with Crippen LogP contribution >= 0.6 is 12.2 Å². The highest BCUT2D eigenvalue weighted by Gasteiger charge is 2.44. The van der Waals surface area contributed by atoms with Gasteiger partial charge in [0.15, 0.2) is 5.11 Å². The first kappa shape index (κ1) is 22.3. The van der Waals surface area contributed by atoms with Crippen molar-refractivity contribution in [2.24, 2.45) is 0 Å². The standard InChI is InChI=1S/C24H21FN4O3S/c1-32-20-11-9-19(10-12-20)29-23(31)21(14-22(30)27-17-7-5-16(25)6-8-17)28(24(29)33)15-18-4-2-3-13-26-18/h2-13,21H,14-15H2,1H3,(H,27,30)/t21-/m1/s1. The monoisotopic (exact) mass is 464 g/mol. The third-order valence-electron chi connectivity index (χ3n) is 5.21. The third-order valence-corrected chi connectivity index (χ3v) is 5.63. The summed E-state index contributed by atoms with van der Waals surface area (Å²) in [6.07, 6.45) is 1.53. The summed E-state index contributed by atoms with van der Waals surface area (Å²) in [6.45, 7) is 0.270. The van der Waals surface area contributed by atoms with Crippen molar-refractivity contribution in [1.29, 1.82) is 0 Å². The highest BCUT2D eigenvalue weighted by Crippen LogP contribution is 2.30. The van der Waals surface area contributed by atoms with Crippen molar-refractivity contribution in [2.75, 3.05) is 17.3 Å². The molecule has 1 saturated heterocycles. The number of nitrogens with zero attached hydrogens (tertiary/aromatic N) is 3. The van der Waals surface area contributed by atoms with Crippen LogP contribution in [0.1, 0.15) is 12.1 Å². The van der Waals surface area contributed by atoms with E-state index in [4.69, 9.17) is 17.0 Å². The van der Waals surface area contributed by atoms with Gasteiger partial charge in [0, 0.05) is 11.9 Å². The summed E-state index contributed by atoms with van der Waals surface area (Å²) in [7, 11) is 1.56. The summed E-state index contributed by atoms with van der Waals surface area (Å²) < 4.78 is 18.4. The maximum absolute atomic E-state index is 13.4. The van der Waals surface area contributed by atoms with Crippen molar-refractivity contribution in [3.63, 3.8) is 0 Å². The number of amides is 2. The van der Waals surface area contributed by atoms with Gasteiger partial charge in [0.1, 0.15) is 17.6 Å². The topological polar surface area (TPSA) is 74.8 Å². The minimum atomic E-state index is -0.818. The molecule has 0 saturated carbocycles. The summed E-state index contributed by atoms with van der Waals surface area (Å²) in [6, 6.07) is 17.1. The molecule has 9 heteroatoms. The molecule has 3 aromatic rings. The second-order valence-corrected chi connectivity index (χ2v) is 7.74. The molecule has 1 aliphatic heterocycles. The number of halogens is 1. The number of benzene rings is 2. The number of pyridine rings is 1. The van der Waals surface area contributed by atoms with E-state index in [1.165, 1.54) is 29.2 Å². The van der Waals surface area contributed by atoms with Crippen molar-refractivity contribution >= 4 is 40.5 Å². The Balaban J connectivity index is 1.59. The molecule has 0 radical (unpaired) electrons. The largest absolute Gasteiger partial charge is 0.497 e. The zero-order valence-corrected chi connectivity index (χ0v) is 18.6. The molecule has 7 nitrogen and oxygen atoms in total. The van der Waals surface area contributed by atoms with Gasteiger partial charge in [0.2, 0.25) is 5.91 Å². The maximum atomic E-state index is 13.4. The Morgan fingerprint density at radius 1 is 1.12 bits per heavy atom. The zero-order valence-electron chi connectivity index (χ0n) is 17.8. The Bertz CT molecular complexity index is 1160. The van der Waals surface area contributed by atoms with Crippen molar-refractivity contribution in [1.82, 2.24) is 9.88 Å². The third kappa shape index (κ3) is 4.98. The van der Waals surface area contributed by atoms with Crippen LogP contribution in [0.25, 0.3) is 0 Å². The van der Waals surface area contributed by atoms with Crippen LogP contribution in [0, 0.1) is 5.82 Å². The van der Waals surface area contributed by atoms with Crippen LogP contribution in [0.2, 0.25) is 0 Å². The number of hydrogen-bond donors (Lipinski definition) is 1. The lowest BCUT2D eigenvalue weighted by atomic mass is 10.1. The van der Waals surface area contributed by atoms with E-state index in [0.29, 0.717) is 22.8 Å². The smallest absolute Gasteiger partial charge is 0.256 e. The number of ether oxygens (including phenoxy) is 1. The molecule has 33 heavy (non-hydrogen) atoms. The van der Waals surface area contributed by atoms with Crippen molar-refractivity contribution in [2.45, 2.75) is 19.0 Å². The van der Waals surface area contributed by atoms with Gasteiger partial charge in [-0.3, -0.25) is 19.5 Å². The van der Waals surface area contributed by atoms with Crippen LogP contribution in [-0.4, -0.2) is 40.0 Å². The van der Waals surface area contributed by atoms with E-state index >= 15 is 0 Å². The lowest BCUT2D eigenvalue weighted by molar-refractivity contribution is -0.124. The number of hydrogen-bond acceptors (Lipinski definition) is 5. The second-order valence-electron chi connectivity index (χ2n) is 7.38. The van der Waals surface area contributed by atoms with E-state index in [1.807, 2.05) is 12.1 Å². The molecule has 2 amide bonds. The van der Waals surface area contributed by atoms with E-state index < -0.39 is 11.9 Å². The first-order valence-electron chi connectivity index (χ1n) is 10.2. The summed E-state index contributed by atoms with van der Waals surface area (Å²) in [4.78, 5) is 33.6. The maximum Gasteiger partial charge on any atom is 0.256 e. The molecule has 4 rings (SSSR count). The van der Waals surface area contributed by atoms with Crippen LogP contribution in [0.15, 0.2) is 72.9 Å². The molecule has 0 aliphatic carbocycles. The fourth-order valence-electron chi connectivity index (χ4n) is 3.57. The van der Waals surface area contributed by atoms with E-state index in [0.717, 1.165) is 0 Å². The van der Waals surface area contributed by atoms with E-state index in [-0.39, 0.29) is 29.9 Å². The second kappa shape index (κ2) is 9.74. The van der Waals surface area contributed by atoms with Crippen LogP contribution in [-0.2, 0) is 16.1 Å². The number of rotatable bonds is 7. The molecule has 2 aromatic carbocycles. The van der Waals surface area contributed by atoms with E-state index in [9.17, 15) is 14.0 Å². The van der Waals surface area contributed by atoms with E-state index in [1.54, 1.807) is 48.5 Å². The van der Waals surface area contributed by atoms with Gasteiger partial charge in [-0.1, -0.05) is 6.07 Å². The molecule has 1 aromatic heterocycles. The first-order chi connectivity index (χ1) is 16.0. The highest BCUT2D eigenvalue weighted by atomic mass is 32.1. The van der Waals surface area contributed by atoms with Gasteiger partial charge in [0.05, 0.1) is 31.5 Å². The quantitative estimate of drug-likeness (QED) is 0.537. The van der Waals surface area contributed by atoms with Gasteiger partial charge in [-0.25, -0.2) is 4.39 Å². The Hall–Kier alpha value is -3.85. The fraction of sp³-hybridized carbons (Fsp3) is 0.167. The molecular formula is C24H21FN4O3S. The summed E-state index contributed by atoms with van der Waals surface area (Å²) in [5.41, 5.74) is 1.74. The number of carbonyl (C=O) groups is 2. The molecule has 168 valence electrons. The Morgan fingerprint density at radius 3 is 2.48 bits per heavy atom. The van der Waals surface area contributed by atoms with Gasteiger partial charge >= 0.3 is 0 Å². The van der Waals surface area contributed by atoms with Crippen LogP contribution < -0.4 is 15.0 Å². The summed E-state index contributed by atoms with van der Waals surface area (Å²) in [5, 5.41) is 2.99. The molecule has 0 unspecified atom stereocenters. The van der Waals surface area contributed by atoms with Crippen molar-refractivity contribution in [3.8, 4) is 5.75 Å². The molecule has 2 heterocycles. The molecule has 0 spiro atoms. The van der Waals surface area contributed by atoms with Crippen LogP contribution in [0.4, 0.5) is 15.8 Å². The Kier molecular flexibility index (Phi) is 6.60. The molecule has 0 bridgehead atoms. The number of anilines is 2. The van der Waals surface area contributed by atoms with Crippen LogP contribution in [0.5, 0.6) is 5.75 Å². The Labute approximate surface area is 195 Å². The summed E-state index contributed by atoms with van der Waals surface area (Å²) >= 11 is 5.65. The predicted molar refractivity (Wildman–Crippen MR) is 126 cm³/mol. The molecule has 1 aliphatic rings. The fourth-order valence-corrected chi connectivity index (χ4v) is 3.96. The molecule has 1 atom stereocenters. The lowest BCUT2D eigenvalue weighted by Crippen LogP contribution is -2.37. The SMILES string of the molecule is COc1ccc(N2C(=O)[C@@H](CC(=O)Nc3ccc(F)cc3)N(Cc3ccccn3)C2=S)cc1. The normalized spacial score (nSPS) is 15.6. The van der Waals surface area contributed by atoms with Crippen LogP contribution in [0.3, 0.4) is 0 Å². The first-order valence-corrected chi connectivity index (χ1v) is 10.6.